The first-order valence-corrected chi connectivity index (χ1v) is 5.90. The van der Waals surface area contributed by atoms with Crippen LogP contribution in [0.4, 0.5) is 22.0 Å². The third-order valence-corrected chi connectivity index (χ3v) is 3.13. The van der Waals surface area contributed by atoms with E-state index < -0.39 is 28.9 Å². The van der Waals surface area contributed by atoms with Crippen LogP contribution < -0.4 is 5.73 Å². The monoisotopic (exact) mass is 302 g/mol. The number of nitrogens with two attached hydrogens (primary N) is 1. The molecule has 0 saturated carbocycles. The number of alkyl halides is 3. The molecule has 0 aliphatic carbocycles. The van der Waals surface area contributed by atoms with Crippen LogP contribution in [0.3, 0.4) is 0 Å². The smallest absolute Gasteiger partial charge is 0.317 e. The van der Waals surface area contributed by atoms with Crippen LogP contribution in [0.2, 0.25) is 0 Å². The summed E-state index contributed by atoms with van der Waals surface area (Å²) in [4.78, 5) is 3.78. The summed E-state index contributed by atoms with van der Waals surface area (Å²) in [6, 6.07) is 4.84. The van der Waals surface area contributed by atoms with E-state index in [0.29, 0.717) is 12.1 Å². The predicted octanol–water partition coefficient (Wildman–Crippen LogP) is 3.60. The van der Waals surface area contributed by atoms with Crippen LogP contribution in [0, 0.1) is 11.6 Å². The van der Waals surface area contributed by atoms with E-state index in [0.717, 1.165) is 18.3 Å². The summed E-state index contributed by atoms with van der Waals surface area (Å²) in [6.07, 6.45) is -3.84. The Morgan fingerprint density at radius 2 is 1.71 bits per heavy atom. The van der Waals surface area contributed by atoms with Crippen LogP contribution in [0.5, 0.6) is 0 Å². The number of hydrogen-bond donors (Lipinski definition) is 1. The van der Waals surface area contributed by atoms with E-state index in [-0.39, 0.29) is 11.3 Å². The summed E-state index contributed by atoms with van der Waals surface area (Å²) in [7, 11) is 0. The van der Waals surface area contributed by atoms with Gasteiger partial charge in [-0.2, -0.15) is 13.2 Å². The lowest BCUT2D eigenvalue weighted by Crippen LogP contribution is -2.35. The molecule has 112 valence electrons. The van der Waals surface area contributed by atoms with Crippen LogP contribution in [-0.4, -0.2) is 4.98 Å². The van der Waals surface area contributed by atoms with Gasteiger partial charge in [0.05, 0.1) is 23.0 Å². The molecule has 0 fully saturated rings. The molecule has 2 aromatic rings. The zero-order chi connectivity index (χ0) is 15.8. The van der Waals surface area contributed by atoms with E-state index in [1.54, 1.807) is 0 Å². The molecule has 2 N–H and O–H groups in total. The molecule has 1 unspecified atom stereocenters. The van der Waals surface area contributed by atoms with Crippen molar-refractivity contribution in [3.05, 3.63) is 65.0 Å². The molecular formula is C14H11F5N2. The maximum atomic E-state index is 13.6. The molecule has 0 aliphatic heterocycles. The van der Waals surface area contributed by atoms with Gasteiger partial charge in [0.15, 0.2) is 0 Å². The molecule has 0 saturated heterocycles. The molecule has 2 nitrogen and oxygen atoms in total. The van der Waals surface area contributed by atoms with Gasteiger partial charge in [-0.25, -0.2) is 8.78 Å². The highest BCUT2D eigenvalue weighted by Gasteiger charge is 2.35. The van der Waals surface area contributed by atoms with Crippen molar-refractivity contribution in [3.8, 4) is 0 Å². The topological polar surface area (TPSA) is 38.9 Å². The summed E-state index contributed by atoms with van der Waals surface area (Å²) in [5.74, 6) is -1.99. The predicted molar refractivity (Wildman–Crippen MR) is 66.2 cm³/mol. The Bertz CT molecular complexity index is 647. The van der Waals surface area contributed by atoms with Crippen LogP contribution in [0.25, 0.3) is 0 Å². The van der Waals surface area contributed by atoms with Gasteiger partial charge in [-0.1, -0.05) is 6.07 Å². The second kappa shape index (κ2) is 5.07. The minimum absolute atomic E-state index is 0.104. The first-order chi connectivity index (χ1) is 9.62. The quantitative estimate of drug-likeness (QED) is 0.861. The lowest BCUT2D eigenvalue weighted by molar-refractivity contribution is -0.140. The van der Waals surface area contributed by atoms with Gasteiger partial charge in [0, 0.05) is 0 Å². The molecule has 0 bridgehead atoms. The second-order valence-electron chi connectivity index (χ2n) is 4.76. The molecule has 1 aromatic carbocycles. The highest BCUT2D eigenvalue weighted by molar-refractivity contribution is 5.36. The Kier molecular flexibility index (Phi) is 3.71. The van der Waals surface area contributed by atoms with Crippen LogP contribution in [0.1, 0.15) is 23.7 Å². The van der Waals surface area contributed by atoms with Gasteiger partial charge in [-0.3, -0.25) is 4.98 Å². The van der Waals surface area contributed by atoms with Crippen LogP contribution in [0.15, 0.2) is 36.5 Å². The average Bonchev–Trinajstić information content (AvgIpc) is 2.37. The number of nitrogens with zero attached hydrogens (tertiary/aromatic N) is 1. The Morgan fingerprint density at radius 1 is 1.05 bits per heavy atom. The average molecular weight is 302 g/mol. The molecule has 7 heteroatoms. The lowest BCUT2D eigenvalue weighted by atomic mass is 9.88. The van der Waals surface area contributed by atoms with E-state index in [1.807, 2.05) is 0 Å². The SMILES string of the molecule is CC(N)(c1ccc(C(F)(F)F)c(F)c1)c1ccc(F)cn1. The summed E-state index contributed by atoms with van der Waals surface area (Å²) in [5.41, 5.74) is 3.60. The van der Waals surface area contributed by atoms with Gasteiger partial charge in [0.25, 0.3) is 0 Å². The van der Waals surface area contributed by atoms with E-state index >= 15 is 0 Å². The zero-order valence-electron chi connectivity index (χ0n) is 10.9. The molecule has 0 aliphatic rings. The van der Waals surface area contributed by atoms with Crippen molar-refractivity contribution in [2.24, 2.45) is 5.73 Å². The first kappa shape index (κ1) is 15.4. The molecular weight excluding hydrogens is 291 g/mol. The third-order valence-electron chi connectivity index (χ3n) is 3.13. The largest absolute Gasteiger partial charge is 0.419 e. The lowest BCUT2D eigenvalue weighted by Gasteiger charge is -2.25. The number of aromatic nitrogens is 1. The van der Waals surface area contributed by atoms with Crippen molar-refractivity contribution < 1.29 is 22.0 Å². The highest BCUT2D eigenvalue weighted by Crippen LogP contribution is 2.34. The number of pyridine rings is 1. The van der Waals surface area contributed by atoms with Gasteiger partial charge >= 0.3 is 6.18 Å². The molecule has 2 rings (SSSR count). The number of hydrogen-bond acceptors (Lipinski definition) is 2. The van der Waals surface area contributed by atoms with Crippen molar-refractivity contribution in [3.63, 3.8) is 0 Å². The van der Waals surface area contributed by atoms with Gasteiger partial charge in [0.2, 0.25) is 0 Å². The molecule has 0 radical (unpaired) electrons. The summed E-state index contributed by atoms with van der Waals surface area (Å²) < 4.78 is 64.0. The Labute approximate surface area is 117 Å². The normalized spacial score (nSPS) is 14.8. The van der Waals surface area contributed by atoms with Gasteiger partial charge in [-0.15, -0.1) is 0 Å². The van der Waals surface area contributed by atoms with Gasteiger partial charge < -0.3 is 5.73 Å². The number of rotatable bonds is 2. The standard InChI is InChI=1S/C14H11F5N2/c1-13(20,12-5-3-9(15)7-21-12)8-2-4-10(11(16)6-8)14(17,18)19/h2-7H,20H2,1H3. The van der Waals surface area contributed by atoms with Crippen molar-refractivity contribution in [2.45, 2.75) is 18.6 Å². The van der Waals surface area contributed by atoms with E-state index in [4.69, 9.17) is 5.73 Å². The minimum Gasteiger partial charge on any atom is -0.317 e. The zero-order valence-corrected chi connectivity index (χ0v) is 10.9. The van der Waals surface area contributed by atoms with Crippen molar-refractivity contribution in [1.29, 1.82) is 0 Å². The third kappa shape index (κ3) is 3.02. The van der Waals surface area contributed by atoms with Gasteiger partial charge in [0.1, 0.15) is 11.6 Å². The molecule has 1 atom stereocenters. The summed E-state index contributed by atoms with van der Waals surface area (Å²) >= 11 is 0. The van der Waals surface area contributed by atoms with Gasteiger partial charge in [-0.05, 0) is 36.8 Å². The van der Waals surface area contributed by atoms with E-state index in [1.165, 1.54) is 13.0 Å². The second-order valence-corrected chi connectivity index (χ2v) is 4.76. The number of halogens is 5. The molecule has 21 heavy (non-hydrogen) atoms. The Balaban J connectivity index is 2.46. The summed E-state index contributed by atoms with van der Waals surface area (Å²) in [5, 5.41) is 0. The molecule has 0 amide bonds. The highest BCUT2D eigenvalue weighted by atomic mass is 19.4. The van der Waals surface area contributed by atoms with Crippen molar-refractivity contribution in [1.82, 2.24) is 4.98 Å². The molecule has 1 heterocycles. The fourth-order valence-electron chi connectivity index (χ4n) is 1.90. The Morgan fingerprint density at radius 3 is 2.19 bits per heavy atom. The summed E-state index contributed by atoms with van der Waals surface area (Å²) in [6.45, 7) is 1.45. The maximum Gasteiger partial charge on any atom is 0.419 e. The number of benzene rings is 1. The fourth-order valence-corrected chi connectivity index (χ4v) is 1.90. The molecule has 0 spiro atoms. The maximum absolute atomic E-state index is 13.6. The van der Waals surface area contributed by atoms with Crippen molar-refractivity contribution >= 4 is 0 Å². The fraction of sp³-hybridized carbons (Fsp3) is 0.214. The van der Waals surface area contributed by atoms with Crippen LogP contribution in [-0.2, 0) is 11.7 Å². The van der Waals surface area contributed by atoms with E-state index in [9.17, 15) is 22.0 Å². The van der Waals surface area contributed by atoms with Crippen LogP contribution >= 0.6 is 0 Å². The van der Waals surface area contributed by atoms with E-state index in [2.05, 4.69) is 4.98 Å². The Hall–Kier alpha value is -2.02. The first-order valence-electron chi connectivity index (χ1n) is 5.90. The van der Waals surface area contributed by atoms with Crippen molar-refractivity contribution in [2.75, 3.05) is 0 Å². The minimum atomic E-state index is -4.78. The molecule has 1 aromatic heterocycles.